The Morgan fingerprint density at radius 3 is 3.00 bits per heavy atom. The minimum atomic E-state index is 0.977. The SMILES string of the molecule is C1=NOS[N]1. The van der Waals surface area contributed by atoms with Crippen LogP contribution >= 0.6 is 12.2 Å². The highest BCUT2D eigenvalue weighted by atomic mass is 32.2. The summed E-state index contributed by atoms with van der Waals surface area (Å²) in [6.07, 6.45) is 1.35. The lowest BCUT2D eigenvalue weighted by Gasteiger charge is -1.70. The van der Waals surface area contributed by atoms with Gasteiger partial charge in [0, 0.05) is 0 Å². The second-order valence-corrected chi connectivity index (χ2v) is 0.984. The maximum absolute atomic E-state index is 4.26. The van der Waals surface area contributed by atoms with Crippen LogP contribution in [0.25, 0.3) is 0 Å². The van der Waals surface area contributed by atoms with E-state index in [1.54, 1.807) is 0 Å². The number of rotatable bonds is 0. The predicted molar refractivity (Wildman–Crippen MR) is 19.3 cm³/mol. The van der Waals surface area contributed by atoms with Gasteiger partial charge in [0.25, 0.3) is 0 Å². The molecule has 1 aliphatic rings. The van der Waals surface area contributed by atoms with Crippen molar-refractivity contribution in [3.63, 3.8) is 0 Å². The van der Waals surface area contributed by atoms with Crippen molar-refractivity contribution in [3.8, 4) is 0 Å². The molecule has 0 saturated heterocycles. The molecule has 0 aromatic heterocycles. The Balaban J connectivity index is 2.32. The zero-order valence-corrected chi connectivity index (χ0v) is 3.10. The number of nitrogens with zero attached hydrogens (tertiary/aromatic N) is 2. The van der Waals surface area contributed by atoms with Gasteiger partial charge in [-0.15, -0.1) is 0 Å². The van der Waals surface area contributed by atoms with Crippen LogP contribution in [0.1, 0.15) is 0 Å². The molecule has 0 unspecified atom stereocenters. The summed E-state index contributed by atoms with van der Waals surface area (Å²) in [7, 11) is 0. The lowest BCUT2D eigenvalue weighted by molar-refractivity contribution is 0.417. The first-order chi connectivity index (χ1) is 2.50. The molecule has 1 rings (SSSR count). The molecule has 4 heteroatoms. The molecule has 27 valence electrons. The highest BCUT2D eigenvalue weighted by Crippen LogP contribution is 2.00. The molecule has 0 saturated carbocycles. The van der Waals surface area contributed by atoms with E-state index in [9.17, 15) is 0 Å². The van der Waals surface area contributed by atoms with Crippen molar-refractivity contribution in [1.29, 1.82) is 0 Å². The lowest BCUT2D eigenvalue weighted by atomic mass is 11.4. The highest BCUT2D eigenvalue weighted by Gasteiger charge is 1.89. The second-order valence-electron chi connectivity index (χ2n) is 0.475. The van der Waals surface area contributed by atoms with Gasteiger partial charge in [0.1, 0.15) is 0 Å². The Morgan fingerprint density at radius 1 is 1.80 bits per heavy atom. The molecule has 1 heterocycles. The molecule has 1 aliphatic heterocycles. The molecule has 0 spiro atoms. The molecule has 0 bridgehead atoms. The minimum Gasteiger partial charge on any atom is -0.296 e. The molecule has 5 heavy (non-hydrogen) atoms. The predicted octanol–water partition coefficient (Wildman–Crippen LogP) is 0.128. The van der Waals surface area contributed by atoms with Crippen LogP contribution in [-0.4, -0.2) is 6.34 Å². The van der Waals surface area contributed by atoms with E-state index in [2.05, 4.69) is 14.2 Å². The van der Waals surface area contributed by atoms with Gasteiger partial charge in [-0.1, -0.05) is 5.16 Å². The molecule has 0 N–H and O–H groups in total. The monoisotopic (exact) mass is 89.0 g/mol. The third kappa shape index (κ3) is 0.445. The fourth-order valence-electron chi connectivity index (χ4n) is 0.0962. The van der Waals surface area contributed by atoms with Crippen LogP contribution in [0.15, 0.2) is 5.16 Å². The number of oxime groups is 1. The minimum absolute atomic E-state index is 0.977. The van der Waals surface area contributed by atoms with Crippen molar-refractivity contribution in [2.45, 2.75) is 0 Å². The smallest absolute Gasteiger partial charge is 0.233 e. The van der Waals surface area contributed by atoms with Crippen molar-refractivity contribution in [2.75, 3.05) is 0 Å². The van der Waals surface area contributed by atoms with Crippen LogP contribution in [0.5, 0.6) is 0 Å². The van der Waals surface area contributed by atoms with Crippen LogP contribution in [0.2, 0.25) is 0 Å². The molecule has 0 atom stereocenters. The summed E-state index contributed by atoms with van der Waals surface area (Å²) in [6, 6.07) is 0. The summed E-state index contributed by atoms with van der Waals surface area (Å²) in [4.78, 5) is 0. The first-order valence-electron chi connectivity index (χ1n) is 1.05. The van der Waals surface area contributed by atoms with E-state index in [0.29, 0.717) is 0 Å². The quantitative estimate of drug-likeness (QED) is 0.312. The molecule has 0 aliphatic carbocycles. The van der Waals surface area contributed by atoms with Gasteiger partial charge < -0.3 is 0 Å². The Bertz CT molecular complexity index is 47.6. The maximum atomic E-state index is 4.26. The molecule has 0 aromatic carbocycles. The van der Waals surface area contributed by atoms with Crippen molar-refractivity contribution >= 4 is 18.6 Å². The molecular weight excluding hydrogens is 88.1 g/mol. The van der Waals surface area contributed by atoms with Gasteiger partial charge in [-0.2, -0.15) is 4.72 Å². The Morgan fingerprint density at radius 2 is 2.80 bits per heavy atom. The summed E-state index contributed by atoms with van der Waals surface area (Å²) in [5.41, 5.74) is 0. The third-order valence-electron chi connectivity index (χ3n) is 0.214. The largest absolute Gasteiger partial charge is 0.296 e. The zero-order valence-electron chi connectivity index (χ0n) is 2.29. The summed E-state index contributed by atoms with van der Waals surface area (Å²) in [5, 5.41) is 3.25. The molecular formula is CHN2OS. The fraction of sp³-hybridized carbons (Fsp3) is 0. The van der Waals surface area contributed by atoms with Crippen LogP contribution < -0.4 is 4.72 Å². The van der Waals surface area contributed by atoms with Gasteiger partial charge in [-0.05, 0) is 0 Å². The van der Waals surface area contributed by atoms with Gasteiger partial charge in [0.15, 0.2) is 6.34 Å². The summed E-state index contributed by atoms with van der Waals surface area (Å²) in [6.45, 7) is 0. The molecule has 1 radical (unpaired) electrons. The highest BCUT2D eigenvalue weighted by molar-refractivity contribution is 7.93. The first kappa shape index (κ1) is 2.84. The van der Waals surface area contributed by atoms with E-state index in [1.165, 1.54) is 6.34 Å². The Labute approximate surface area is 33.7 Å². The van der Waals surface area contributed by atoms with Gasteiger partial charge in [0.05, 0.1) is 0 Å². The van der Waals surface area contributed by atoms with E-state index >= 15 is 0 Å². The van der Waals surface area contributed by atoms with E-state index in [-0.39, 0.29) is 0 Å². The Kier molecular flexibility index (Phi) is 0.660. The van der Waals surface area contributed by atoms with Gasteiger partial charge in [-0.3, -0.25) is 4.28 Å². The topological polar surface area (TPSA) is 35.7 Å². The lowest BCUT2D eigenvalue weighted by Crippen LogP contribution is -1.75. The van der Waals surface area contributed by atoms with Crippen LogP contribution in [-0.2, 0) is 4.28 Å². The summed E-state index contributed by atoms with van der Waals surface area (Å²) >= 11 is 0.977. The Hall–Kier alpha value is -0.380. The zero-order chi connectivity index (χ0) is 3.54. The number of hydrogen-bond acceptors (Lipinski definition) is 3. The van der Waals surface area contributed by atoms with E-state index in [4.69, 9.17) is 0 Å². The fourth-order valence-corrected chi connectivity index (χ4v) is 0.289. The average molecular weight is 89.1 g/mol. The summed E-state index contributed by atoms with van der Waals surface area (Å²) in [5.74, 6) is 0. The average Bonchev–Trinajstić information content (AvgIpc) is 1.76. The van der Waals surface area contributed by atoms with Crippen molar-refractivity contribution < 1.29 is 4.28 Å². The first-order valence-corrected chi connectivity index (χ1v) is 1.75. The van der Waals surface area contributed by atoms with Gasteiger partial charge in [-0.25, -0.2) is 0 Å². The van der Waals surface area contributed by atoms with Crippen LogP contribution in [0.4, 0.5) is 0 Å². The molecule has 3 nitrogen and oxygen atoms in total. The van der Waals surface area contributed by atoms with E-state index in [1.807, 2.05) is 0 Å². The van der Waals surface area contributed by atoms with Crippen LogP contribution in [0.3, 0.4) is 0 Å². The molecule has 0 amide bonds. The van der Waals surface area contributed by atoms with Gasteiger partial charge in [0.2, 0.25) is 12.2 Å². The van der Waals surface area contributed by atoms with Crippen molar-refractivity contribution in [1.82, 2.24) is 4.72 Å². The van der Waals surface area contributed by atoms with Gasteiger partial charge >= 0.3 is 0 Å². The normalized spacial score (nSPS) is 17.6. The van der Waals surface area contributed by atoms with Crippen molar-refractivity contribution in [2.24, 2.45) is 5.16 Å². The second kappa shape index (κ2) is 1.16. The van der Waals surface area contributed by atoms with Crippen LogP contribution in [0, 0.1) is 0 Å². The van der Waals surface area contributed by atoms with Crippen molar-refractivity contribution in [3.05, 3.63) is 0 Å². The standard InChI is InChI=1S/CHN2OS/c1-2-4-5-3-1/h1H. The molecule has 0 aromatic rings. The van der Waals surface area contributed by atoms with E-state index < -0.39 is 0 Å². The van der Waals surface area contributed by atoms with E-state index in [0.717, 1.165) is 12.2 Å². The molecule has 0 fully saturated rings. The summed E-state index contributed by atoms with van der Waals surface area (Å²) < 4.78 is 7.75. The number of hydrogen-bond donors (Lipinski definition) is 0. The maximum Gasteiger partial charge on any atom is 0.233 e. The third-order valence-corrected chi connectivity index (χ3v) is 0.547.